The van der Waals surface area contributed by atoms with Gasteiger partial charge >= 0.3 is 6.09 Å². The van der Waals surface area contributed by atoms with E-state index in [0.717, 1.165) is 17.0 Å². The maximum absolute atomic E-state index is 14.2. The summed E-state index contributed by atoms with van der Waals surface area (Å²) >= 11 is 4.12. The van der Waals surface area contributed by atoms with Crippen LogP contribution in [0.1, 0.15) is 0 Å². The van der Waals surface area contributed by atoms with Crippen molar-refractivity contribution in [2.24, 2.45) is 0 Å². The Balaban J connectivity index is 2.02. The van der Waals surface area contributed by atoms with Crippen molar-refractivity contribution in [3.05, 3.63) is 53.9 Å². The zero-order chi connectivity index (χ0) is 17.3. The number of nitrogens with one attached hydrogen (secondary N) is 1. The number of benzene rings is 1. The molecule has 0 aromatic heterocycles. The normalized spacial score (nSPS) is 22.3. The third kappa shape index (κ3) is 3.21. The molecule has 0 spiro atoms. The van der Waals surface area contributed by atoms with Gasteiger partial charge in [-0.3, -0.25) is 9.69 Å². The van der Waals surface area contributed by atoms with Crippen molar-refractivity contribution in [2.45, 2.75) is 11.5 Å². The van der Waals surface area contributed by atoms with Crippen LogP contribution in [0.15, 0.2) is 42.3 Å². The highest BCUT2D eigenvalue weighted by Gasteiger charge is 2.36. The molecule has 1 saturated heterocycles. The fraction of sp³-hybridized carbons (Fsp3) is 0.200. The second-order valence-corrected chi connectivity index (χ2v) is 5.47. The second-order valence-electron chi connectivity index (χ2n) is 4.97. The minimum Gasteiger partial charge on any atom is -0.483 e. The van der Waals surface area contributed by atoms with Crippen LogP contribution in [0.2, 0.25) is 0 Å². The highest BCUT2D eigenvalue weighted by molar-refractivity contribution is 7.80. The number of ether oxygens (including phenoxy) is 2. The molecule has 2 atom stereocenters. The first-order valence-corrected chi connectivity index (χ1v) is 7.43. The van der Waals surface area contributed by atoms with Crippen molar-refractivity contribution in [3.63, 3.8) is 0 Å². The van der Waals surface area contributed by atoms with Gasteiger partial charge < -0.3 is 14.8 Å². The van der Waals surface area contributed by atoms with Crippen LogP contribution < -0.4 is 10.2 Å². The number of cyclic esters (lactones) is 1. The van der Waals surface area contributed by atoms with Gasteiger partial charge in [-0.1, -0.05) is 0 Å². The van der Waals surface area contributed by atoms with Crippen molar-refractivity contribution in [1.29, 1.82) is 0 Å². The van der Waals surface area contributed by atoms with Crippen LogP contribution in [0.3, 0.4) is 0 Å². The van der Waals surface area contributed by atoms with Gasteiger partial charge in [0.2, 0.25) is 0 Å². The fourth-order valence-corrected chi connectivity index (χ4v) is 2.52. The maximum atomic E-state index is 14.2. The summed E-state index contributed by atoms with van der Waals surface area (Å²) in [4.78, 5) is 24.9. The van der Waals surface area contributed by atoms with Gasteiger partial charge in [0.15, 0.2) is 11.5 Å². The summed E-state index contributed by atoms with van der Waals surface area (Å²) in [6.07, 6.45) is 2.33. The Bertz CT molecular complexity index is 753. The lowest BCUT2D eigenvalue weighted by molar-refractivity contribution is -0.124. The Labute approximate surface area is 141 Å². The zero-order valence-corrected chi connectivity index (χ0v) is 13.0. The third-order valence-electron chi connectivity index (χ3n) is 3.36. The quantitative estimate of drug-likeness (QED) is 0.816. The third-order valence-corrected chi connectivity index (χ3v) is 3.63. The highest BCUT2D eigenvalue weighted by atomic mass is 32.1. The van der Waals surface area contributed by atoms with Crippen molar-refractivity contribution >= 4 is 30.3 Å². The monoisotopic (exact) mass is 354 g/mol. The molecule has 24 heavy (non-hydrogen) atoms. The average molecular weight is 354 g/mol. The smallest absolute Gasteiger partial charge is 0.408 e. The van der Waals surface area contributed by atoms with Crippen LogP contribution in [-0.2, 0) is 14.3 Å². The van der Waals surface area contributed by atoms with E-state index in [2.05, 4.69) is 17.9 Å². The molecule has 2 unspecified atom stereocenters. The Morgan fingerprint density at radius 3 is 2.79 bits per heavy atom. The highest BCUT2D eigenvalue weighted by Crippen LogP contribution is 2.28. The predicted octanol–water partition coefficient (Wildman–Crippen LogP) is 2.09. The fourth-order valence-electron chi connectivity index (χ4n) is 2.30. The first-order valence-electron chi connectivity index (χ1n) is 6.91. The van der Waals surface area contributed by atoms with Gasteiger partial charge in [-0.05, 0) is 24.3 Å². The molecule has 1 N–H and O–H groups in total. The number of thiol groups is 1. The lowest BCUT2D eigenvalue weighted by Gasteiger charge is -2.28. The molecule has 2 heterocycles. The van der Waals surface area contributed by atoms with Crippen LogP contribution in [0.5, 0.6) is 0 Å². The summed E-state index contributed by atoms with van der Waals surface area (Å²) in [7, 11) is 0. The van der Waals surface area contributed by atoms with Gasteiger partial charge in [0.05, 0.1) is 24.2 Å². The standard InChI is InChI=1S/C15H12F2N2O4S/c16-8-1-2-11(10(17)5-8)19(9-3-4-22-13(24)6-9)14(20)12-7-18-15(21)23-12/h1-6,12-13,24H,7H2,(H,18,21). The molecule has 0 aliphatic carbocycles. The van der Waals surface area contributed by atoms with Gasteiger partial charge in [0, 0.05) is 6.07 Å². The van der Waals surface area contributed by atoms with Crippen molar-refractivity contribution < 1.29 is 27.8 Å². The van der Waals surface area contributed by atoms with Crippen LogP contribution in [-0.4, -0.2) is 30.1 Å². The van der Waals surface area contributed by atoms with Crippen LogP contribution in [0.25, 0.3) is 0 Å². The van der Waals surface area contributed by atoms with E-state index in [0.29, 0.717) is 6.07 Å². The number of rotatable bonds is 3. The van der Waals surface area contributed by atoms with E-state index in [1.165, 1.54) is 18.4 Å². The molecule has 126 valence electrons. The number of amides is 2. The van der Waals surface area contributed by atoms with Crippen molar-refractivity contribution in [3.8, 4) is 0 Å². The van der Waals surface area contributed by atoms with Crippen LogP contribution >= 0.6 is 12.6 Å². The van der Waals surface area contributed by atoms with Gasteiger partial charge in [-0.2, -0.15) is 0 Å². The first kappa shape index (κ1) is 16.3. The molecule has 1 fully saturated rings. The van der Waals surface area contributed by atoms with Crippen LogP contribution in [0, 0.1) is 11.6 Å². The summed E-state index contributed by atoms with van der Waals surface area (Å²) in [5, 5.41) is 2.35. The lowest BCUT2D eigenvalue weighted by atomic mass is 10.2. The summed E-state index contributed by atoms with van der Waals surface area (Å²) in [6.45, 7) is -0.0468. The number of nitrogens with zero attached hydrogens (tertiary/aromatic N) is 1. The SMILES string of the molecule is O=C1NCC(C(=O)N(C2=CC(S)OC=C2)c2ccc(F)cc2F)O1. The molecule has 2 aliphatic heterocycles. The first-order chi connectivity index (χ1) is 11.5. The molecule has 3 rings (SSSR count). The zero-order valence-electron chi connectivity index (χ0n) is 12.1. The van der Waals surface area contributed by atoms with E-state index in [-0.39, 0.29) is 17.9 Å². The van der Waals surface area contributed by atoms with Gasteiger partial charge in [-0.25, -0.2) is 13.6 Å². The van der Waals surface area contributed by atoms with Gasteiger partial charge in [-0.15, -0.1) is 12.6 Å². The molecule has 1 aromatic rings. The summed E-state index contributed by atoms with van der Waals surface area (Å²) < 4.78 is 37.4. The number of halogens is 2. The maximum Gasteiger partial charge on any atom is 0.408 e. The molecule has 2 amide bonds. The summed E-state index contributed by atoms with van der Waals surface area (Å²) in [6, 6.07) is 2.82. The number of alkyl carbamates (subject to hydrolysis) is 1. The molecule has 1 aromatic carbocycles. The Morgan fingerprint density at radius 1 is 1.38 bits per heavy atom. The number of hydrogen-bond donors (Lipinski definition) is 2. The van der Waals surface area contributed by atoms with Crippen molar-refractivity contribution in [1.82, 2.24) is 5.32 Å². The molecule has 9 heteroatoms. The summed E-state index contributed by atoms with van der Waals surface area (Å²) in [5.74, 6) is -2.39. The van der Waals surface area contributed by atoms with E-state index in [1.807, 2.05) is 0 Å². The van der Waals surface area contributed by atoms with E-state index in [1.54, 1.807) is 0 Å². The Hall–Kier alpha value is -2.55. The number of allylic oxidation sites excluding steroid dienone is 1. The van der Waals surface area contributed by atoms with Gasteiger partial charge in [0.1, 0.15) is 11.6 Å². The summed E-state index contributed by atoms with van der Waals surface area (Å²) in [5.41, 5.74) is -0.560. The number of carbonyl (C=O) groups is 2. The van der Waals surface area contributed by atoms with E-state index in [4.69, 9.17) is 9.47 Å². The average Bonchev–Trinajstić information content (AvgIpc) is 2.96. The molecule has 0 bridgehead atoms. The lowest BCUT2D eigenvalue weighted by Crippen LogP contribution is -2.41. The predicted molar refractivity (Wildman–Crippen MR) is 83.2 cm³/mol. The van der Waals surface area contributed by atoms with E-state index in [9.17, 15) is 18.4 Å². The molecular formula is C15H12F2N2O4S. The molecule has 2 aliphatic rings. The largest absolute Gasteiger partial charge is 0.483 e. The molecule has 0 radical (unpaired) electrons. The minimum atomic E-state index is -1.13. The second kappa shape index (κ2) is 6.52. The minimum absolute atomic E-state index is 0.0468. The van der Waals surface area contributed by atoms with Gasteiger partial charge in [0.25, 0.3) is 5.91 Å². The molecule has 0 saturated carbocycles. The van der Waals surface area contributed by atoms with Crippen molar-refractivity contribution in [2.75, 3.05) is 11.4 Å². The Kier molecular flexibility index (Phi) is 4.43. The number of carbonyl (C=O) groups excluding carboxylic acids is 2. The molecule has 6 nitrogen and oxygen atoms in total. The Morgan fingerprint density at radius 2 is 2.17 bits per heavy atom. The van der Waals surface area contributed by atoms with Crippen LogP contribution in [0.4, 0.5) is 19.3 Å². The van der Waals surface area contributed by atoms with E-state index >= 15 is 0 Å². The number of anilines is 1. The number of hydrogen-bond acceptors (Lipinski definition) is 5. The topological polar surface area (TPSA) is 67.9 Å². The molecular weight excluding hydrogens is 342 g/mol. The van der Waals surface area contributed by atoms with E-state index < -0.39 is 35.2 Å².